The largest absolute Gasteiger partial charge is 0.483 e. The van der Waals surface area contributed by atoms with Crippen molar-refractivity contribution in [2.45, 2.75) is 6.92 Å². The molecule has 0 saturated heterocycles. The number of nitrogens with zero attached hydrogens (tertiary/aromatic N) is 1. The second-order valence-electron chi connectivity index (χ2n) is 7.73. The Balaban J connectivity index is 1.51. The van der Waals surface area contributed by atoms with Crippen LogP contribution in [0.2, 0.25) is 0 Å². The zero-order valence-corrected chi connectivity index (χ0v) is 22.0. The third-order valence-corrected chi connectivity index (χ3v) is 6.80. The summed E-state index contributed by atoms with van der Waals surface area (Å²) >= 11 is 4.62. The van der Waals surface area contributed by atoms with Crippen LogP contribution < -0.4 is 10.1 Å². The summed E-state index contributed by atoms with van der Waals surface area (Å²) in [7, 11) is 0. The van der Waals surface area contributed by atoms with E-state index in [1.54, 1.807) is 24.4 Å². The highest BCUT2D eigenvalue weighted by molar-refractivity contribution is 9.10. The molecule has 0 bridgehead atoms. The number of benzene rings is 3. The lowest BCUT2D eigenvalue weighted by Gasteiger charge is -2.11. The number of hydrogen-bond donors (Lipinski definition) is 1. The van der Waals surface area contributed by atoms with Crippen LogP contribution in [0.5, 0.6) is 5.75 Å². The van der Waals surface area contributed by atoms with Gasteiger partial charge in [-0.05, 0) is 51.7 Å². The van der Waals surface area contributed by atoms with Gasteiger partial charge in [0.05, 0.1) is 16.0 Å². The predicted molar refractivity (Wildman–Crippen MR) is 146 cm³/mol. The van der Waals surface area contributed by atoms with E-state index in [9.17, 15) is 19.7 Å². The minimum Gasteiger partial charge on any atom is -0.483 e. The normalized spacial score (nSPS) is 10.5. The average molecular weight is 581 g/mol. The van der Waals surface area contributed by atoms with E-state index in [-0.39, 0.29) is 29.5 Å². The number of nitro benzene ring substituents is 1. The molecule has 1 N–H and O–H groups in total. The van der Waals surface area contributed by atoms with E-state index in [1.807, 2.05) is 42.5 Å². The van der Waals surface area contributed by atoms with Crippen molar-refractivity contribution in [3.63, 3.8) is 0 Å². The highest BCUT2D eigenvalue weighted by Gasteiger charge is 2.24. The van der Waals surface area contributed by atoms with Crippen molar-refractivity contribution in [1.82, 2.24) is 0 Å². The molecule has 0 unspecified atom stereocenters. The molecule has 3 aromatic carbocycles. The number of rotatable bonds is 9. The quantitative estimate of drug-likeness (QED) is 0.130. The first kappa shape index (κ1) is 26.1. The highest BCUT2D eigenvalue weighted by Crippen LogP contribution is 2.37. The van der Waals surface area contributed by atoms with Crippen molar-refractivity contribution < 1.29 is 24.0 Å². The minimum atomic E-state index is -0.638. The number of anilines is 1. The molecule has 0 atom stereocenters. The van der Waals surface area contributed by atoms with Crippen molar-refractivity contribution in [2.24, 2.45) is 0 Å². The summed E-state index contributed by atoms with van der Waals surface area (Å²) in [6.07, 6.45) is 0. The molecule has 0 saturated carbocycles. The van der Waals surface area contributed by atoms with Crippen molar-refractivity contribution in [3.05, 3.63) is 98.3 Å². The fourth-order valence-corrected chi connectivity index (χ4v) is 5.06. The van der Waals surface area contributed by atoms with Crippen LogP contribution in [0.4, 0.5) is 10.7 Å². The maximum Gasteiger partial charge on any atom is 0.341 e. The van der Waals surface area contributed by atoms with Gasteiger partial charge in [-0.2, -0.15) is 0 Å². The Labute approximate surface area is 225 Å². The van der Waals surface area contributed by atoms with Gasteiger partial charge in [-0.1, -0.05) is 48.5 Å². The number of ether oxygens (including phenoxy) is 2. The molecule has 1 amide bonds. The lowest BCUT2D eigenvalue weighted by atomic mass is 10.0. The summed E-state index contributed by atoms with van der Waals surface area (Å²) in [6.45, 7) is 1.51. The van der Waals surface area contributed by atoms with Crippen LogP contribution in [0.3, 0.4) is 0 Å². The van der Waals surface area contributed by atoms with E-state index >= 15 is 0 Å². The molecule has 0 aliphatic rings. The molecule has 188 valence electrons. The molecule has 4 aromatic rings. The van der Waals surface area contributed by atoms with E-state index in [0.717, 1.165) is 22.5 Å². The Morgan fingerprint density at radius 1 is 1.00 bits per heavy atom. The number of hydrogen-bond acceptors (Lipinski definition) is 7. The number of halogens is 1. The number of amides is 1. The molecule has 0 spiro atoms. The Bertz CT molecular complexity index is 1450. The van der Waals surface area contributed by atoms with Gasteiger partial charge < -0.3 is 14.8 Å². The lowest BCUT2D eigenvalue weighted by Crippen LogP contribution is -2.21. The molecule has 0 radical (unpaired) electrons. The number of carbonyl (C=O) groups excluding carboxylic acids is 2. The van der Waals surface area contributed by atoms with Gasteiger partial charge in [-0.25, -0.2) is 4.79 Å². The van der Waals surface area contributed by atoms with Crippen molar-refractivity contribution in [3.8, 4) is 28.0 Å². The highest BCUT2D eigenvalue weighted by atomic mass is 79.9. The summed E-state index contributed by atoms with van der Waals surface area (Å²) in [6, 6.07) is 21.4. The SMILES string of the molecule is CCOC(=O)c1c(-c2cccc([N+](=O)[O-])c2)csc1NC(=O)COc1ccc(-c2ccccc2)cc1Br. The van der Waals surface area contributed by atoms with Crippen LogP contribution in [0, 0.1) is 10.1 Å². The minimum absolute atomic E-state index is 0.110. The van der Waals surface area contributed by atoms with Crippen molar-refractivity contribution >= 4 is 49.8 Å². The summed E-state index contributed by atoms with van der Waals surface area (Å²) in [5, 5.41) is 15.8. The van der Waals surface area contributed by atoms with E-state index in [2.05, 4.69) is 21.2 Å². The third kappa shape index (κ3) is 6.22. The molecule has 10 heteroatoms. The molecule has 1 aromatic heterocycles. The van der Waals surface area contributed by atoms with Gasteiger partial charge in [-0.3, -0.25) is 14.9 Å². The first-order chi connectivity index (χ1) is 17.9. The number of nitro groups is 1. The van der Waals surface area contributed by atoms with Crippen molar-refractivity contribution in [1.29, 1.82) is 0 Å². The fourth-order valence-electron chi connectivity index (χ4n) is 3.59. The molecular formula is C27H21BrN2O6S. The van der Waals surface area contributed by atoms with Gasteiger partial charge in [0.1, 0.15) is 16.3 Å². The zero-order valence-electron chi connectivity index (χ0n) is 19.6. The number of carbonyl (C=O) groups is 2. The topological polar surface area (TPSA) is 108 Å². The monoisotopic (exact) mass is 580 g/mol. The molecule has 8 nitrogen and oxygen atoms in total. The Morgan fingerprint density at radius 2 is 1.76 bits per heavy atom. The average Bonchev–Trinajstić information content (AvgIpc) is 3.32. The summed E-state index contributed by atoms with van der Waals surface area (Å²) in [4.78, 5) is 36.2. The summed E-state index contributed by atoms with van der Waals surface area (Å²) in [5.41, 5.74) is 2.97. The fraction of sp³-hybridized carbons (Fsp3) is 0.111. The standard InChI is InChI=1S/C27H21BrN2O6S/c1-2-35-27(32)25-21(19-9-6-10-20(13-19)30(33)34)16-37-26(25)29-24(31)15-36-23-12-11-18(14-22(23)28)17-7-4-3-5-8-17/h3-14,16H,2,15H2,1H3,(H,29,31). The van der Waals surface area contributed by atoms with E-state index in [1.165, 1.54) is 18.2 Å². The third-order valence-electron chi connectivity index (χ3n) is 5.29. The zero-order chi connectivity index (χ0) is 26.4. The molecule has 0 aliphatic carbocycles. The van der Waals surface area contributed by atoms with Crippen LogP contribution in [-0.2, 0) is 9.53 Å². The van der Waals surface area contributed by atoms with E-state index in [0.29, 0.717) is 21.3 Å². The molecule has 1 heterocycles. The number of non-ortho nitro benzene ring substituents is 1. The first-order valence-electron chi connectivity index (χ1n) is 11.2. The molecule has 0 fully saturated rings. The second kappa shape index (κ2) is 11.8. The Morgan fingerprint density at radius 3 is 2.46 bits per heavy atom. The van der Waals surface area contributed by atoms with Gasteiger partial charge in [0, 0.05) is 23.1 Å². The Hall–Kier alpha value is -4.02. The van der Waals surface area contributed by atoms with Crippen molar-refractivity contribution in [2.75, 3.05) is 18.5 Å². The Kier molecular flexibility index (Phi) is 8.32. The maximum absolute atomic E-state index is 12.8. The van der Waals surface area contributed by atoms with E-state index < -0.39 is 16.8 Å². The van der Waals surface area contributed by atoms with Gasteiger partial charge in [0.25, 0.3) is 11.6 Å². The second-order valence-corrected chi connectivity index (χ2v) is 9.46. The predicted octanol–water partition coefficient (Wildman–Crippen LogP) is 6.95. The lowest BCUT2D eigenvalue weighted by molar-refractivity contribution is -0.384. The maximum atomic E-state index is 12.8. The first-order valence-corrected chi connectivity index (χ1v) is 12.9. The number of nitrogens with one attached hydrogen (secondary N) is 1. The number of thiophene rings is 1. The summed E-state index contributed by atoms with van der Waals surface area (Å²) < 4.78 is 11.6. The molecule has 37 heavy (non-hydrogen) atoms. The van der Waals surface area contributed by atoms with Crippen LogP contribution in [0.25, 0.3) is 22.3 Å². The smallest absolute Gasteiger partial charge is 0.341 e. The summed E-state index contributed by atoms with van der Waals surface area (Å²) in [5.74, 6) is -0.623. The van der Waals surface area contributed by atoms with E-state index in [4.69, 9.17) is 9.47 Å². The van der Waals surface area contributed by atoms with Gasteiger partial charge in [0.15, 0.2) is 6.61 Å². The van der Waals surface area contributed by atoms with Crippen LogP contribution in [-0.4, -0.2) is 30.0 Å². The van der Waals surface area contributed by atoms with Gasteiger partial charge in [-0.15, -0.1) is 11.3 Å². The number of esters is 1. The van der Waals surface area contributed by atoms with Crippen LogP contribution >= 0.6 is 27.3 Å². The van der Waals surface area contributed by atoms with Gasteiger partial charge >= 0.3 is 5.97 Å². The molecular weight excluding hydrogens is 560 g/mol. The van der Waals surface area contributed by atoms with Crippen LogP contribution in [0.1, 0.15) is 17.3 Å². The molecule has 0 aliphatic heterocycles. The van der Waals surface area contributed by atoms with Gasteiger partial charge in [0.2, 0.25) is 0 Å². The molecule has 4 rings (SSSR count). The van der Waals surface area contributed by atoms with Crippen LogP contribution in [0.15, 0.2) is 82.6 Å².